The van der Waals surface area contributed by atoms with Crippen LogP contribution < -0.4 is 14.4 Å². The fraction of sp³-hybridized carbons (Fsp3) is 0.143. The van der Waals surface area contributed by atoms with Crippen LogP contribution >= 0.6 is 0 Å². The molecule has 7 nitrogen and oxygen atoms in total. The van der Waals surface area contributed by atoms with Crippen LogP contribution in [0.25, 0.3) is 0 Å². The van der Waals surface area contributed by atoms with Gasteiger partial charge in [-0.1, -0.05) is 12.1 Å². The molecule has 8 heteroatoms. The Bertz CT molecular complexity index is 1010. The number of rotatable bonds is 7. The van der Waals surface area contributed by atoms with Crippen molar-refractivity contribution in [2.45, 2.75) is 13.5 Å². The minimum atomic E-state index is -2.58. The Morgan fingerprint density at radius 2 is 1.97 bits per heavy atom. The van der Waals surface area contributed by atoms with Crippen LogP contribution in [-0.2, 0) is 17.8 Å². The number of benzene rings is 2. The summed E-state index contributed by atoms with van der Waals surface area (Å²) in [5.41, 5.74) is 2.79. The van der Waals surface area contributed by atoms with Crippen LogP contribution in [0, 0.1) is 6.92 Å². The van der Waals surface area contributed by atoms with E-state index in [4.69, 9.17) is 4.74 Å². The Kier molecular flexibility index (Phi) is 6.58. The molecule has 150 valence electrons. The molecule has 1 aromatic heterocycles. The summed E-state index contributed by atoms with van der Waals surface area (Å²) in [5, 5.41) is 2.82. The van der Waals surface area contributed by atoms with E-state index in [1.165, 1.54) is 7.11 Å². The molecule has 1 heterocycles. The zero-order chi connectivity index (χ0) is 20.8. The first-order chi connectivity index (χ1) is 14.0. The molecule has 2 aromatic carbocycles. The SMILES string of the molecule is COc1ccc(N(c2cc(C(=O)NCc3cccnc3)ccc2C)S(=O)[O-])cc1. The van der Waals surface area contributed by atoms with Crippen molar-refractivity contribution < 1.29 is 18.3 Å². The first-order valence-corrected chi connectivity index (χ1v) is 9.84. The number of methoxy groups -OCH3 is 1. The summed E-state index contributed by atoms with van der Waals surface area (Å²) in [4.78, 5) is 16.6. The van der Waals surface area contributed by atoms with E-state index >= 15 is 0 Å². The first-order valence-electron chi connectivity index (χ1n) is 8.81. The van der Waals surface area contributed by atoms with Crippen molar-refractivity contribution in [1.82, 2.24) is 10.3 Å². The highest BCUT2D eigenvalue weighted by atomic mass is 32.2. The molecule has 0 aliphatic carbocycles. The summed E-state index contributed by atoms with van der Waals surface area (Å²) in [6.07, 6.45) is 3.33. The lowest BCUT2D eigenvalue weighted by atomic mass is 10.1. The normalized spacial score (nSPS) is 11.6. The van der Waals surface area contributed by atoms with Crippen LogP contribution in [0.1, 0.15) is 21.5 Å². The van der Waals surface area contributed by atoms with E-state index in [1.807, 2.05) is 6.07 Å². The topological polar surface area (TPSA) is 94.6 Å². The molecule has 29 heavy (non-hydrogen) atoms. The second kappa shape index (κ2) is 9.31. The Hall–Kier alpha value is -3.23. The van der Waals surface area contributed by atoms with Crippen LogP contribution in [0.4, 0.5) is 11.4 Å². The summed E-state index contributed by atoms with van der Waals surface area (Å²) in [6.45, 7) is 2.11. The van der Waals surface area contributed by atoms with Gasteiger partial charge in [0.25, 0.3) is 5.91 Å². The van der Waals surface area contributed by atoms with E-state index in [1.54, 1.807) is 67.8 Å². The molecule has 1 unspecified atom stereocenters. The maximum absolute atomic E-state index is 12.6. The highest BCUT2D eigenvalue weighted by Gasteiger charge is 2.16. The van der Waals surface area contributed by atoms with E-state index < -0.39 is 11.3 Å². The van der Waals surface area contributed by atoms with Gasteiger partial charge in [-0.2, -0.15) is 0 Å². The quantitative estimate of drug-likeness (QED) is 0.603. The predicted octanol–water partition coefficient (Wildman–Crippen LogP) is 3.26. The molecule has 0 bridgehead atoms. The number of nitrogens with one attached hydrogen (secondary N) is 1. The maximum atomic E-state index is 12.6. The Morgan fingerprint density at radius 1 is 1.21 bits per heavy atom. The molecule has 0 saturated carbocycles. The summed E-state index contributed by atoms with van der Waals surface area (Å²) < 4.78 is 30.2. The zero-order valence-electron chi connectivity index (χ0n) is 16.0. The number of amides is 1. The van der Waals surface area contributed by atoms with Gasteiger partial charge < -0.3 is 14.6 Å². The first kappa shape index (κ1) is 20.5. The van der Waals surface area contributed by atoms with Crippen LogP contribution in [-0.4, -0.2) is 26.8 Å². The summed E-state index contributed by atoms with van der Waals surface area (Å²) >= 11 is -2.58. The van der Waals surface area contributed by atoms with Gasteiger partial charge in [-0.15, -0.1) is 0 Å². The lowest BCUT2D eigenvalue weighted by Gasteiger charge is -2.28. The van der Waals surface area contributed by atoms with E-state index in [-0.39, 0.29) is 5.91 Å². The molecule has 3 aromatic rings. The molecule has 0 radical (unpaired) electrons. The number of carbonyl (C=O) groups excluding carboxylic acids is 1. The van der Waals surface area contributed by atoms with E-state index in [0.717, 1.165) is 9.87 Å². The lowest BCUT2D eigenvalue weighted by molar-refractivity contribution is 0.0951. The number of hydrogen-bond acceptors (Lipinski definition) is 5. The highest BCUT2D eigenvalue weighted by molar-refractivity contribution is 7.81. The molecule has 1 atom stereocenters. The summed E-state index contributed by atoms with van der Waals surface area (Å²) in [5.74, 6) is 0.312. The van der Waals surface area contributed by atoms with Gasteiger partial charge in [0.1, 0.15) is 5.75 Å². The van der Waals surface area contributed by atoms with E-state index in [2.05, 4.69) is 10.3 Å². The second-order valence-corrected chi connectivity index (χ2v) is 7.05. The van der Waals surface area contributed by atoms with Gasteiger partial charge in [0.2, 0.25) is 0 Å². The minimum absolute atomic E-state index is 0.304. The summed E-state index contributed by atoms with van der Waals surface area (Å²) in [7, 11) is 1.54. The third-order valence-corrected chi connectivity index (χ3v) is 5.03. The standard InChI is InChI=1S/C21H21N3O4S/c1-15-5-6-17(21(25)23-14-16-4-3-11-22-13-16)12-20(15)24(29(26)27)18-7-9-19(28-2)10-8-18/h3-13H,14H2,1-2H3,(H,23,25)(H,26,27)/p-1. The number of hydrogen-bond donors (Lipinski definition) is 1. The van der Waals surface area contributed by atoms with Gasteiger partial charge in [-0.05, 0) is 60.5 Å². The van der Waals surface area contributed by atoms with Crippen molar-refractivity contribution in [3.05, 3.63) is 83.7 Å². The van der Waals surface area contributed by atoms with Crippen molar-refractivity contribution in [3.63, 3.8) is 0 Å². The number of anilines is 2. The zero-order valence-corrected chi connectivity index (χ0v) is 16.8. The van der Waals surface area contributed by atoms with Crippen molar-refractivity contribution in [2.24, 2.45) is 0 Å². The summed E-state index contributed by atoms with van der Waals surface area (Å²) in [6, 6.07) is 15.2. The van der Waals surface area contributed by atoms with Gasteiger partial charge in [0, 0.05) is 24.5 Å². The molecular weight excluding hydrogens is 390 g/mol. The molecule has 0 aliphatic heterocycles. The van der Waals surface area contributed by atoms with Gasteiger partial charge in [-0.25, -0.2) is 0 Å². The Balaban J connectivity index is 1.87. The maximum Gasteiger partial charge on any atom is 0.251 e. The highest BCUT2D eigenvalue weighted by Crippen LogP contribution is 2.31. The second-order valence-electron chi connectivity index (χ2n) is 6.25. The lowest BCUT2D eigenvalue weighted by Crippen LogP contribution is -2.24. The number of ether oxygens (including phenoxy) is 1. The van der Waals surface area contributed by atoms with Crippen molar-refractivity contribution in [2.75, 3.05) is 11.4 Å². The fourth-order valence-electron chi connectivity index (χ4n) is 2.78. The van der Waals surface area contributed by atoms with Crippen LogP contribution in [0.2, 0.25) is 0 Å². The molecule has 0 saturated heterocycles. The van der Waals surface area contributed by atoms with Gasteiger partial charge in [-0.3, -0.25) is 18.3 Å². The molecule has 1 amide bonds. The van der Waals surface area contributed by atoms with Crippen molar-refractivity contribution in [3.8, 4) is 5.75 Å². The molecule has 1 N–H and O–H groups in total. The monoisotopic (exact) mass is 410 g/mol. The third-order valence-electron chi connectivity index (χ3n) is 4.32. The van der Waals surface area contributed by atoms with Crippen molar-refractivity contribution in [1.29, 1.82) is 0 Å². The third kappa shape index (κ3) is 4.98. The average Bonchev–Trinajstić information content (AvgIpc) is 2.74. The smallest absolute Gasteiger partial charge is 0.251 e. The average molecular weight is 410 g/mol. The van der Waals surface area contributed by atoms with Gasteiger partial charge in [0.05, 0.1) is 29.8 Å². The number of nitrogens with zero attached hydrogens (tertiary/aromatic N) is 2. The van der Waals surface area contributed by atoms with Crippen LogP contribution in [0.15, 0.2) is 67.0 Å². The number of aromatic nitrogens is 1. The largest absolute Gasteiger partial charge is 0.755 e. The Labute approximate surface area is 171 Å². The molecule has 3 rings (SSSR count). The van der Waals surface area contributed by atoms with Crippen LogP contribution in [0.5, 0.6) is 5.75 Å². The fourth-order valence-corrected chi connectivity index (χ4v) is 3.43. The molecule has 0 fully saturated rings. The minimum Gasteiger partial charge on any atom is -0.755 e. The Morgan fingerprint density at radius 3 is 2.59 bits per heavy atom. The van der Waals surface area contributed by atoms with E-state index in [9.17, 15) is 13.6 Å². The molecule has 0 spiro atoms. The molecule has 0 aliphatic rings. The number of aryl methyl sites for hydroxylation is 1. The molecular formula is C21H20N3O4S-. The number of pyridine rings is 1. The predicted molar refractivity (Wildman–Crippen MR) is 111 cm³/mol. The van der Waals surface area contributed by atoms with Gasteiger partial charge in [0.15, 0.2) is 0 Å². The van der Waals surface area contributed by atoms with Gasteiger partial charge >= 0.3 is 0 Å². The van der Waals surface area contributed by atoms with E-state index in [0.29, 0.717) is 34.8 Å². The number of carbonyl (C=O) groups is 1. The van der Waals surface area contributed by atoms with Crippen molar-refractivity contribution >= 4 is 28.5 Å². The van der Waals surface area contributed by atoms with Crippen LogP contribution in [0.3, 0.4) is 0 Å².